The van der Waals surface area contributed by atoms with Crippen LogP contribution in [0.5, 0.6) is 0 Å². The summed E-state index contributed by atoms with van der Waals surface area (Å²) in [7, 11) is 0. The highest BCUT2D eigenvalue weighted by molar-refractivity contribution is 5.75. The molecule has 17 heavy (non-hydrogen) atoms. The van der Waals surface area contributed by atoms with Gasteiger partial charge < -0.3 is 14.9 Å². The van der Waals surface area contributed by atoms with Crippen molar-refractivity contribution in [1.82, 2.24) is 0 Å². The molecule has 3 atom stereocenters. The van der Waals surface area contributed by atoms with Gasteiger partial charge in [0.15, 0.2) is 6.10 Å². The Morgan fingerprint density at radius 3 is 2.35 bits per heavy atom. The quantitative estimate of drug-likeness (QED) is 0.748. The van der Waals surface area contributed by atoms with Crippen LogP contribution in [0.4, 0.5) is 0 Å². The van der Waals surface area contributed by atoms with Gasteiger partial charge in [-0.05, 0) is 19.4 Å². The SMILES string of the molecule is CC(O)C(C)OC(=O)C(O)Cc1ccccc1. The monoisotopic (exact) mass is 238 g/mol. The summed E-state index contributed by atoms with van der Waals surface area (Å²) in [5.74, 6) is -0.706. The van der Waals surface area contributed by atoms with E-state index >= 15 is 0 Å². The predicted octanol–water partition coefficient (Wildman–Crippen LogP) is 0.902. The Labute approximate surface area is 101 Å². The van der Waals surface area contributed by atoms with Gasteiger partial charge in [-0.1, -0.05) is 30.3 Å². The first-order valence-electron chi connectivity index (χ1n) is 5.61. The predicted molar refractivity (Wildman–Crippen MR) is 63.4 cm³/mol. The average Bonchev–Trinajstić information content (AvgIpc) is 2.29. The summed E-state index contributed by atoms with van der Waals surface area (Å²) in [4.78, 5) is 11.5. The molecule has 4 heteroatoms. The molecule has 4 nitrogen and oxygen atoms in total. The van der Waals surface area contributed by atoms with Crippen LogP contribution < -0.4 is 0 Å². The van der Waals surface area contributed by atoms with Crippen LogP contribution in [0.1, 0.15) is 19.4 Å². The number of hydrogen-bond donors (Lipinski definition) is 2. The number of benzene rings is 1. The number of aliphatic hydroxyl groups is 2. The second-order valence-electron chi connectivity index (χ2n) is 4.09. The molecule has 0 heterocycles. The molecule has 0 aromatic heterocycles. The van der Waals surface area contributed by atoms with Crippen molar-refractivity contribution in [2.75, 3.05) is 0 Å². The zero-order chi connectivity index (χ0) is 12.8. The van der Waals surface area contributed by atoms with Gasteiger partial charge >= 0.3 is 5.97 Å². The van der Waals surface area contributed by atoms with Crippen molar-refractivity contribution >= 4 is 5.97 Å². The van der Waals surface area contributed by atoms with Crippen LogP contribution in [-0.2, 0) is 16.0 Å². The summed E-state index contributed by atoms with van der Waals surface area (Å²) in [5.41, 5.74) is 0.863. The fourth-order valence-electron chi connectivity index (χ4n) is 1.28. The number of carbonyl (C=O) groups is 1. The van der Waals surface area contributed by atoms with Gasteiger partial charge in [0.1, 0.15) is 6.10 Å². The van der Waals surface area contributed by atoms with Crippen LogP contribution in [0, 0.1) is 0 Å². The maximum atomic E-state index is 11.5. The minimum Gasteiger partial charge on any atom is -0.458 e. The molecule has 3 unspecified atom stereocenters. The lowest BCUT2D eigenvalue weighted by molar-refractivity contribution is -0.162. The molecule has 0 fully saturated rings. The van der Waals surface area contributed by atoms with E-state index in [-0.39, 0.29) is 6.42 Å². The second-order valence-corrected chi connectivity index (χ2v) is 4.09. The molecule has 0 amide bonds. The summed E-state index contributed by atoms with van der Waals surface area (Å²) in [6.45, 7) is 3.11. The molecule has 94 valence electrons. The van der Waals surface area contributed by atoms with Gasteiger partial charge in [0, 0.05) is 6.42 Å². The van der Waals surface area contributed by atoms with Gasteiger partial charge in [0.25, 0.3) is 0 Å². The molecular formula is C13H18O4. The number of rotatable bonds is 5. The first-order chi connectivity index (χ1) is 8.00. The molecule has 1 aromatic rings. The maximum absolute atomic E-state index is 11.5. The third-order valence-corrected chi connectivity index (χ3v) is 2.53. The molecule has 2 N–H and O–H groups in total. The summed E-state index contributed by atoms with van der Waals surface area (Å²) in [5, 5.41) is 18.8. The lowest BCUT2D eigenvalue weighted by Crippen LogP contribution is -2.33. The highest BCUT2D eigenvalue weighted by Crippen LogP contribution is 2.06. The number of esters is 1. The molecule has 1 rings (SSSR count). The van der Waals surface area contributed by atoms with Crippen molar-refractivity contribution in [2.45, 2.75) is 38.6 Å². The van der Waals surface area contributed by atoms with Gasteiger partial charge in [-0.3, -0.25) is 0 Å². The fourth-order valence-corrected chi connectivity index (χ4v) is 1.28. The lowest BCUT2D eigenvalue weighted by Gasteiger charge is -2.18. The van der Waals surface area contributed by atoms with Gasteiger partial charge in [0.05, 0.1) is 6.10 Å². The first-order valence-corrected chi connectivity index (χ1v) is 5.61. The fraction of sp³-hybridized carbons (Fsp3) is 0.462. The molecule has 1 aromatic carbocycles. The molecule has 0 bridgehead atoms. The Bertz CT molecular complexity index is 348. The minimum absolute atomic E-state index is 0.214. The van der Waals surface area contributed by atoms with Gasteiger partial charge in [-0.2, -0.15) is 0 Å². The zero-order valence-electron chi connectivity index (χ0n) is 10.0. The lowest BCUT2D eigenvalue weighted by atomic mass is 10.1. The van der Waals surface area contributed by atoms with Crippen molar-refractivity contribution in [1.29, 1.82) is 0 Å². The first kappa shape index (κ1) is 13.7. The summed E-state index contributed by atoms with van der Waals surface area (Å²) < 4.78 is 4.91. The summed E-state index contributed by atoms with van der Waals surface area (Å²) in [6.07, 6.45) is -2.35. The van der Waals surface area contributed by atoms with Crippen LogP contribution in [0.3, 0.4) is 0 Å². The van der Waals surface area contributed by atoms with Gasteiger partial charge in [-0.15, -0.1) is 0 Å². The van der Waals surface area contributed by atoms with E-state index in [0.717, 1.165) is 5.56 Å². The Morgan fingerprint density at radius 2 is 1.82 bits per heavy atom. The van der Waals surface area contributed by atoms with Crippen LogP contribution in [0.25, 0.3) is 0 Å². The van der Waals surface area contributed by atoms with E-state index in [1.807, 2.05) is 30.3 Å². The van der Waals surface area contributed by atoms with Crippen molar-refractivity contribution < 1.29 is 19.7 Å². The highest BCUT2D eigenvalue weighted by Gasteiger charge is 2.21. The van der Waals surface area contributed by atoms with Crippen LogP contribution >= 0.6 is 0 Å². The summed E-state index contributed by atoms with van der Waals surface area (Å²) in [6, 6.07) is 9.20. The van der Waals surface area contributed by atoms with E-state index in [9.17, 15) is 15.0 Å². The highest BCUT2D eigenvalue weighted by atomic mass is 16.6. The standard InChI is InChI=1S/C13H18O4/c1-9(14)10(2)17-13(16)12(15)8-11-6-4-3-5-7-11/h3-7,9-10,12,14-15H,8H2,1-2H3. The molecule has 0 radical (unpaired) electrons. The van der Waals surface area contributed by atoms with E-state index in [4.69, 9.17) is 4.74 Å². The van der Waals surface area contributed by atoms with Crippen LogP contribution in [-0.4, -0.2) is 34.5 Å². The van der Waals surface area contributed by atoms with E-state index < -0.39 is 24.3 Å². The topological polar surface area (TPSA) is 66.8 Å². The largest absolute Gasteiger partial charge is 0.458 e. The molecule has 0 saturated heterocycles. The van der Waals surface area contributed by atoms with Crippen molar-refractivity contribution in [3.8, 4) is 0 Å². The van der Waals surface area contributed by atoms with Crippen molar-refractivity contribution in [2.24, 2.45) is 0 Å². The molecular weight excluding hydrogens is 220 g/mol. The van der Waals surface area contributed by atoms with Gasteiger partial charge in [0.2, 0.25) is 0 Å². The Kier molecular flexibility index (Phi) is 5.12. The normalized spacial score (nSPS) is 16.0. The zero-order valence-corrected chi connectivity index (χ0v) is 10.0. The molecule has 0 aliphatic rings. The Balaban J connectivity index is 2.48. The minimum atomic E-state index is -1.20. The second kappa shape index (κ2) is 6.37. The number of ether oxygens (including phenoxy) is 1. The van der Waals surface area contributed by atoms with Crippen molar-refractivity contribution in [3.63, 3.8) is 0 Å². The third-order valence-electron chi connectivity index (χ3n) is 2.53. The van der Waals surface area contributed by atoms with Crippen molar-refractivity contribution in [3.05, 3.63) is 35.9 Å². The Morgan fingerprint density at radius 1 is 1.24 bits per heavy atom. The van der Waals surface area contributed by atoms with E-state index in [1.54, 1.807) is 6.92 Å². The molecule has 0 aliphatic heterocycles. The van der Waals surface area contributed by atoms with Crippen LogP contribution in [0.2, 0.25) is 0 Å². The smallest absolute Gasteiger partial charge is 0.335 e. The Hall–Kier alpha value is -1.39. The van der Waals surface area contributed by atoms with E-state index in [0.29, 0.717) is 0 Å². The summed E-state index contributed by atoms with van der Waals surface area (Å²) >= 11 is 0. The number of hydrogen-bond acceptors (Lipinski definition) is 4. The average molecular weight is 238 g/mol. The molecule has 0 saturated carbocycles. The van der Waals surface area contributed by atoms with E-state index in [1.165, 1.54) is 6.92 Å². The number of carbonyl (C=O) groups excluding carboxylic acids is 1. The maximum Gasteiger partial charge on any atom is 0.335 e. The van der Waals surface area contributed by atoms with Crippen LogP contribution in [0.15, 0.2) is 30.3 Å². The third kappa shape index (κ3) is 4.54. The van der Waals surface area contributed by atoms with Gasteiger partial charge in [-0.25, -0.2) is 4.79 Å². The molecule has 0 spiro atoms. The number of aliphatic hydroxyl groups excluding tert-OH is 2. The van der Waals surface area contributed by atoms with E-state index in [2.05, 4.69) is 0 Å². The molecule has 0 aliphatic carbocycles.